The van der Waals surface area contributed by atoms with Crippen molar-refractivity contribution in [2.45, 2.75) is 51.1 Å². The third kappa shape index (κ3) is 4.43. The number of rotatable bonds is 7. The first-order chi connectivity index (χ1) is 16.0. The molecule has 1 aliphatic heterocycles. The largest absolute Gasteiger partial charge is 0.307 e. The number of nitrogens with zero attached hydrogens (tertiary/aromatic N) is 2. The minimum absolute atomic E-state index is 0.139. The maximum Gasteiger partial charge on any atom is 0.0454 e. The van der Waals surface area contributed by atoms with E-state index in [4.69, 9.17) is 0 Å². The Morgan fingerprint density at radius 3 is 2.55 bits per heavy atom. The van der Waals surface area contributed by atoms with Crippen LogP contribution in [0.5, 0.6) is 0 Å². The molecule has 33 heavy (non-hydrogen) atoms. The molecule has 2 heterocycles. The Morgan fingerprint density at radius 1 is 1.03 bits per heavy atom. The van der Waals surface area contributed by atoms with Gasteiger partial charge in [0.25, 0.3) is 0 Å². The van der Waals surface area contributed by atoms with Crippen LogP contribution in [0, 0.1) is 5.41 Å². The van der Waals surface area contributed by atoms with Crippen molar-refractivity contribution in [1.29, 1.82) is 0 Å². The van der Waals surface area contributed by atoms with Crippen molar-refractivity contribution >= 4 is 6.21 Å². The van der Waals surface area contributed by atoms with Gasteiger partial charge in [-0.05, 0) is 78.4 Å². The van der Waals surface area contributed by atoms with Crippen molar-refractivity contribution in [3.05, 3.63) is 90.8 Å². The summed E-state index contributed by atoms with van der Waals surface area (Å²) in [5, 5.41) is 3.77. The van der Waals surface area contributed by atoms with Gasteiger partial charge in [0.05, 0.1) is 0 Å². The number of hydrogen-bond donors (Lipinski definition) is 1. The smallest absolute Gasteiger partial charge is 0.0454 e. The number of nitrogens with one attached hydrogen (secondary N) is 1. The highest BCUT2D eigenvalue weighted by Gasteiger charge is 2.58. The van der Waals surface area contributed by atoms with Crippen molar-refractivity contribution in [2.75, 3.05) is 6.54 Å². The first-order valence-electron chi connectivity index (χ1n) is 12.0. The number of aromatic nitrogens is 1. The molecule has 0 saturated heterocycles. The number of pyridine rings is 1. The predicted octanol–water partition coefficient (Wildman–Crippen LogP) is 6.81. The molecule has 2 aliphatic rings. The molecule has 1 fully saturated rings. The molecule has 1 aliphatic carbocycles. The molecule has 3 unspecified atom stereocenters. The second-order valence-corrected chi connectivity index (χ2v) is 10.1. The van der Waals surface area contributed by atoms with Gasteiger partial charge in [-0.2, -0.15) is 0 Å². The van der Waals surface area contributed by atoms with E-state index in [0.717, 1.165) is 37.9 Å². The Balaban J connectivity index is 1.46. The van der Waals surface area contributed by atoms with Gasteiger partial charge in [0.15, 0.2) is 0 Å². The van der Waals surface area contributed by atoms with Gasteiger partial charge in [-0.1, -0.05) is 49.4 Å². The van der Waals surface area contributed by atoms with Crippen LogP contribution in [0.4, 0.5) is 0 Å². The van der Waals surface area contributed by atoms with Gasteiger partial charge in [0.2, 0.25) is 0 Å². The zero-order chi connectivity index (χ0) is 22.9. The van der Waals surface area contributed by atoms with Gasteiger partial charge in [-0.15, -0.1) is 6.58 Å². The maximum atomic E-state index is 4.57. The Kier molecular flexibility index (Phi) is 5.76. The fourth-order valence-electron chi connectivity index (χ4n) is 5.10. The van der Waals surface area contributed by atoms with Crippen molar-refractivity contribution in [3.63, 3.8) is 0 Å². The van der Waals surface area contributed by atoms with Crippen LogP contribution in [0.15, 0.2) is 84.6 Å². The Bertz CT molecular complexity index is 1180. The quantitative estimate of drug-likeness (QED) is 0.414. The predicted molar refractivity (Wildman–Crippen MR) is 139 cm³/mol. The molecule has 2 aromatic carbocycles. The first-order valence-corrected chi connectivity index (χ1v) is 12.0. The zero-order valence-electron chi connectivity index (χ0n) is 19.7. The van der Waals surface area contributed by atoms with Gasteiger partial charge in [-0.25, -0.2) is 0 Å². The second-order valence-electron chi connectivity index (χ2n) is 10.1. The van der Waals surface area contributed by atoms with Crippen LogP contribution in [-0.2, 0) is 6.54 Å². The summed E-state index contributed by atoms with van der Waals surface area (Å²) in [6, 6.07) is 20.1. The lowest BCUT2D eigenvalue weighted by molar-refractivity contribution is 0.455. The fourth-order valence-corrected chi connectivity index (χ4v) is 5.10. The molecule has 0 spiro atoms. The van der Waals surface area contributed by atoms with E-state index in [1.807, 2.05) is 18.5 Å². The van der Waals surface area contributed by atoms with E-state index in [2.05, 4.69) is 96.5 Å². The van der Waals surface area contributed by atoms with Crippen molar-refractivity contribution in [1.82, 2.24) is 10.3 Å². The zero-order valence-corrected chi connectivity index (χ0v) is 19.7. The van der Waals surface area contributed by atoms with E-state index in [1.165, 1.54) is 27.8 Å². The second kappa shape index (κ2) is 8.72. The molecular weight excluding hydrogens is 402 g/mol. The van der Waals surface area contributed by atoms with Crippen molar-refractivity contribution < 1.29 is 0 Å². The van der Waals surface area contributed by atoms with Gasteiger partial charge in [-0.3, -0.25) is 9.98 Å². The minimum Gasteiger partial charge on any atom is -0.307 e. The molecular formula is C30H33N3. The van der Waals surface area contributed by atoms with E-state index in [9.17, 15) is 0 Å². The molecule has 3 aromatic rings. The van der Waals surface area contributed by atoms with Crippen molar-refractivity contribution in [2.24, 2.45) is 10.4 Å². The molecule has 3 heteroatoms. The summed E-state index contributed by atoms with van der Waals surface area (Å²) < 4.78 is 0. The number of aliphatic imine (C=N–C) groups is 1. The fraction of sp³-hybridized carbons (Fsp3) is 0.333. The third-order valence-corrected chi connectivity index (χ3v) is 7.77. The van der Waals surface area contributed by atoms with E-state index < -0.39 is 0 Å². The molecule has 5 rings (SSSR count). The standard InChI is InChI=1S/C30H33N3/c1-4-29(2)21-30(29,3)33-18-22-8-5-9-23(14-22)26-15-27(24-10-6-12-31-19-24)17-28(16-26)25-11-7-13-32-20-25/h4-6,8-10,12-17,19,25,33H,1,7,11,18,20-21H2,2-3H3. The topological polar surface area (TPSA) is 37.3 Å². The number of benzene rings is 2. The van der Waals surface area contributed by atoms with Crippen LogP contribution in [0.1, 0.15) is 50.2 Å². The molecule has 3 atom stereocenters. The van der Waals surface area contributed by atoms with E-state index in [-0.39, 0.29) is 11.0 Å². The summed E-state index contributed by atoms with van der Waals surface area (Å²) in [5.74, 6) is 0.474. The summed E-state index contributed by atoms with van der Waals surface area (Å²) in [6.45, 7) is 10.3. The normalized spacial score (nSPS) is 26.2. The van der Waals surface area contributed by atoms with E-state index in [1.54, 1.807) is 0 Å². The van der Waals surface area contributed by atoms with Gasteiger partial charge in [0.1, 0.15) is 0 Å². The van der Waals surface area contributed by atoms with Gasteiger partial charge >= 0.3 is 0 Å². The lowest BCUT2D eigenvalue weighted by atomic mass is 9.87. The Hall–Kier alpha value is -3.04. The average Bonchev–Trinajstić information content (AvgIpc) is 3.45. The number of hydrogen-bond acceptors (Lipinski definition) is 3. The molecule has 0 amide bonds. The molecule has 1 saturated carbocycles. The molecule has 0 bridgehead atoms. The van der Waals surface area contributed by atoms with Crippen LogP contribution in [0.2, 0.25) is 0 Å². The molecule has 1 aromatic heterocycles. The highest BCUT2D eigenvalue weighted by molar-refractivity contribution is 5.74. The molecule has 3 nitrogen and oxygen atoms in total. The third-order valence-electron chi connectivity index (χ3n) is 7.77. The highest BCUT2D eigenvalue weighted by Crippen LogP contribution is 2.56. The minimum atomic E-state index is 0.139. The van der Waals surface area contributed by atoms with Gasteiger partial charge < -0.3 is 5.32 Å². The highest BCUT2D eigenvalue weighted by atomic mass is 15.1. The van der Waals surface area contributed by atoms with Crippen molar-refractivity contribution in [3.8, 4) is 22.3 Å². The summed E-state index contributed by atoms with van der Waals surface area (Å²) in [5.41, 5.74) is 7.91. The summed E-state index contributed by atoms with van der Waals surface area (Å²) in [6.07, 6.45) is 11.3. The Morgan fingerprint density at radius 2 is 1.85 bits per heavy atom. The Labute approximate surface area is 197 Å². The SMILES string of the molecule is C=CC1(C)CC1(C)NCc1cccc(-c2cc(-c3cccnc3)cc(C3CCC=NC3)c2)c1. The summed E-state index contributed by atoms with van der Waals surface area (Å²) >= 11 is 0. The molecule has 1 N–H and O–H groups in total. The summed E-state index contributed by atoms with van der Waals surface area (Å²) in [7, 11) is 0. The van der Waals surface area contributed by atoms with Crippen LogP contribution < -0.4 is 5.32 Å². The molecule has 168 valence electrons. The van der Waals surface area contributed by atoms with Gasteiger partial charge in [0, 0.05) is 47.9 Å². The lowest BCUT2D eigenvalue weighted by Crippen LogP contribution is -2.32. The van der Waals surface area contributed by atoms with Crippen LogP contribution in [0.25, 0.3) is 22.3 Å². The van der Waals surface area contributed by atoms with E-state index >= 15 is 0 Å². The monoisotopic (exact) mass is 435 g/mol. The van der Waals surface area contributed by atoms with Crippen LogP contribution >= 0.6 is 0 Å². The lowest BCUT2D eigenvalue weighted by Gasteiger charge is -2.20. The van der Waals surface area contributed by atoms with Crippen LogP contribution in [-0.4, -0.2) is 23.3 Å². The van der Waals surface area contributed by atoms with E-state index in [0.29, 0.717) is 5.92 Å². The summed E-state index contributed by atoms with van der Waals surface area (Å²) in [4.78, 5) is 8.93. The maximum absolute atomic E-state index is 4.57. The average molecular weight is 436 g/mol. The van der Waals surface area contributed by atoms with Crippen LogP contribution in [0.3, 0.4) is 0 Å². The molecule has 0 radical (unpaired) electrons. The first kappa shape index (κ1) is 21.8.